The van der Waals surface area contributed by atoms with Crippen LogP contribution in [0.25, 0.3) is 0 Å². The zero-order chi connectivity index (χ0) is 23.5. The minimum absolute atomic E-state index is 0.00945. The largest absolute Gasteiger partial charge is 0.467 e. The van der Waals surface area contributed by atoms with E-state index < -0.39 is 49.5 Å². The number of rotatable bonds is 7. The van der Waals surface area contributed by atoms with Crippen LogP contribution < -0.4 is 0 Å². The third-order valence-electron chi connectivity index (χ3n) is 6.41. The predicted octanol–water partition coefficient (Wildman–Crippen LogP) is 2.33. The van der Waals surface area contributed by atoms with Gasteiger partial charge >= 0.3 is 5.97 Å². The predicted molar refractivity (Wildman–Crippen MR) is 115 cm³/mol. The van der Waals surface area contributed by atoms with E-state index in [0.29, 0.717) is 12.3 Å². The van der Waals surface area contributed by atoms with Crippen LogP contribution in [0.4, 0.5) is 5.69 Å². The van der Waals surface area contributed by atoms with Crippen LogP contribution in [0.5, 0.6) is 0 Å². The van der Waals surface area contributed by atoms with Gasteiger partial charge in [0.1, 0.15) is 12.1 Å². The number of carbonyl (C=O) groups excluding carboxylic acids is 2. The molecule has 1 saturated carbocycles. The number of benzene rings is 1. The SMILES string of the molecule is COC(=O)[C@H](CC1CCCCC1)N1CCN(S(=O)(=O)c2ccccc2[N+](=O)[O-])[C@@H](C)C1=O. The number of nitro benzene ring substituents is 1. The summed E-state index contributed by atoms with van der Waals surface area (Å²) in [5, 5.41) is 11.3. The van der Waals surface area contributed by atoms with E-state index in [1.165, 1.54) is 31.1 Å². The Morgan fingerprint density at radius 2 is 1.88 bits per heavy atom. The second kappa shape index (κ2) is 9.95. The van der Waals surface area contributed by atoms with Crippen molar-refractivity contribution in [1.82, 2.24) is 9.21 Å². The number of piperazine rings is 1. The number of nitrogens with zero attached hydrogens (tertiary/aromatic N) is 3. The van der Waals surface area contributed by atoms with Gasteiger partial charge < -0.3 is 9.64 Å². The highest BCUT2D eigenvalue weighted by molar-refractivity contribution is 7.89. The highest BCUT2D eigenvalue weighted by atomic mass is 32.2. The summed E-state index contributed by atoms with van der Waals surface area (Å²) >= 11 is 0. The molecular formula is C21H29N3O7S. The van der Waals surface area contributed by atoms with Crippen LogP contribution in [0, 0.1) is 16.0 Å². The molecule has 1 aliphatic heterocycles. The van der Waals surface area contributed by atoms with Crippen molar-refractivity contribution >= 4 is 27.6 Å². The molecule has 2 atom stereocenters. The van der Waals surface area contributed by atoms with Crippen molar-refractivity contribution in [3.8, 4) is 0 Å². The molecule has 0 spiro atoms. The third-order valence-corrected chi connectivity index (χ3v) is 8.43. The van der Waals surface area contributed by atoms with Gasteiger partial charge in [-0.1, -0.05) is 44.2 Å². The molecule has 0 radical (unpaired) electrons. The van der Waals surface area contributed by atoms with E-state index in [9.17, 15) is 28.1 Å². The van der Waals surface area contributed by atoms with Crippen molar-refractivity contribution in [3.63, 3.8) is 0 Å². The lowest BCUT2D eigenvalue weighted by molar-refractivity contribution is -0.387. The minimum Gasteiger partial charge on any atom is -0.467 e. The molecule has 1 aliphatic carbocycles. The fourth-order valence-corrected chi connectivity index (χ4v) is 6.43. The number of ether oxygens (including phenoxy) is 1. The summed E-state index contributed by atoms with van der Waals surface area (Å²) in [6.07, 6.45) is 5.81. The van der Waals surface area contributed by atoms with Gasteiger partial charge in [0.2, 0.25) is 5.91 Å². The van der Waals surface area contributed by atoms with Crippen molar-refractivity contribution in [2.24, 2.45) is 5.92 Å². The number of hydrogen-bond donors (Lipinski definition) is 0. The van der Waals surface area contributed by atoms with Crippen molar-refractivity contribution in [3.05, 3.63) is 34.4 Å². The maximum Gasteiger partial charge on any atom is 0.328 e. The molecule has 2 fully saturated rings. The second-order valence-corrected chi connectivity index (χ2v) is 10.2. The normalized spacial score (nSPS) is 21.9. The van der Waals surface area contributed by atoms with Gasteiger partial charge in [-0.3, -0.25) is 14.9 Å². The van der Waals surface area contributed by atoms with Crippen LogP contribution in [0.1, 0.15) is 45.4 Å². The molecule has 2 aliphatic rings. The fraction of sp³-hybridized carbons (Fsp3) is 0.619. The lowest BCUT2D eigenvalue weighted by atomic mass is 9.84. The summed E-state index contributed by atoms with van der Waals surface area (Å²) in [5.74, 6) is -0.708. The van der Waals surface area contributed by atoms with E-state index in [1.54, 1.807) is 0 Å². The Balaban J connectivity index is 1.84. The first-order chi connectivity index (χ1) is 15.2. The number of para-hydroxylation sites is 1. The Morgan fingerprint density at radius 1 is 1.22 bits per heavy atom. The lowest BCUT2D eigenvalue weighted by Crippen LogP contribution is -2.61. The Morgan fingerprint density at radius 3 is 2.50 bits per heavy atom. The minimum atomic E-state index is -4.29. The maximum absolute atomic E-state index is 13.2. The quantitative estimate of drug-likeness (QED) is 0.342. The molecule has 3 rings (SSSR count). The maximum atomic E-state index is 13.2. The molecule has 0 N–H and O–H groups in total. The number of esters is 1. The van der Waals surface area contributed by atoms with E-state index >= 15 is 0 Å². The third kappa shape index (κ3) is 4.78. The lowest BCUT2D eigenvalue weighted by Gasteiger charge is -2.41. The van der Waals surface area contributed by atoms with Crippen LogP contribution in [0.15, 0.2) is 29.2 Å². The number of methoxy groups -OCH3 is 1. The molecule has 10 nitrogen and oxygen atoms in total. The van der Waals surface area contributed by atoms with E-state index in [2.05, 4.69) is 0 Å². The highest BCUT2D eigenvalue weighted by Gasteiger charge is 2.45. The Hall–Kier alpha value is -2.53. The van der Waals surface area contributed by atoms with Crippen LogP contribution >= 0.6 is 0 Å². The van der Waals surface area contributed by atoms with Gasteiger partial charge in [0, 0.05) is 19.2 Å². The van der Waals surface area contributed by atoms with Crippen LogP contribution in [0.3, 0.4) is 0 Å². The monoisotopic (exact) mass is 467 g/mol. The molecule has 0 unspecified atom stereocenters. The zero-order valence-corrected chi connectivity index (χ0v) is 19.1. The number of amides is 1. The fourth-order valence-electron chi connectivity index (χ4n) is 4.69. The van der Waals surface area contributed by atoms with Crippen molar-refractivity contribution in [1.29, 1.82) is 0 Å². The number of hydrogen-bond acceptors (Lipinski definition) is 7. The first-order valence-electron chi connectivity index (χ1n) is 10.8. The Labute approximate surface area is 187 Å². The summed E-state index contributed by atoms with van der Waals surface area (Å²) < 4.78 is 32.4. The molecule has 1 amide bonds. The molecule has 176 valence electrons. The Bertz CT molecular complexity index is 975. The number of nitro groups is 1. The van der Waals surface area contributed by atoms with Crippen molar-refractivity contribution < 1.29 is 27.7 Å². The number of carbonyl (C=O) groups is 2. The molecule has 1 aromatic rings. The molecule has 1 heterocycles. The zero-order valence-electron chi connectivity index (χ0n) is 18.3. The standard InChI is InChI=1S/C21H29N3O7S/c1-15-20(25)22(18(21(26)31-2)14-16-8-4-3-5-9-16)12-13-23(15)32(29,30)19-11-7-6-10-17(19)24(27)28/h6-7,10-11,15-16,18H,3-5,8-9,12-14H2,1-2H3/t15-,18-/m0/s1. The van der Waals surface area contributed by atoms with Gasteiger partial charge in [0.05, 0.1) is 12.0 Å². The van der Waals surface area contributed by atoms with Crippen LogP contribution in [-0.2, 0) is 24.3 Å². The topological polar surface area (TPSA) is 127 Å². The van der Waals surface area contributed by atoms with Crippen LogP contribution in [0.2, 0.25) is 0 Å². The van der Waals surface area contributed by atoms with Gasteiger partial charge in [-0.2, -0.15) is 4.31 Å². The molecule has 32 heavy (non-hydrogen) atoms. The number of sulfonamides is 1. The summed E-state index contributed by atoms with van der Waals surface area (Å²) in [7, 11) is -3.02. The summed E-state index contributed by atoms with van der Waals surface area (Å²) in [6, 6.07) is 3.20. The smallest absolute Gasteiger partial charge is 0.328 e. The van der Waals surface area contributed by atoms with E-state index in [0.717, 1.165) is 48.5 Å². The average Bonchev–Trinajstić information content (AvgIpc) is 2.79. The molecule has 11 heteroatoms. The van der Waals surface area contributed by atoms with Crippen molar-refractivity contribution in [2.45, 2.75) is 62.4 Å². The molecular weight excluding hydrogens is 438 g/mol. The van der Waals surface area contributed by atoms with Crippen LogP contribution in [-0.4, -0.2) is 66.7 Å². The first kappa shape index (κ1) is 24.1. The molecule has 1 aromatic carbocycles. The summed E-state index contributed by atoms with van der Waals surface area (Å²) in [6.45, 7) is 1.38. The van der Waals surface area contributed by atoms with Gasteiger partial charge in [0.25, 0.3) is 15.7 Å². The highest BCUT2D eigenvalue weighted by Crippen LogP contribution is 2.32. The van der Waals surface area contributed by atoms with Gasteiger partial charge in [-0.25, -0.2) is 13.2 Å². The average molecular weight is 468 g/mol. The van der Waals surface area contributed by atoms with Gasteiger partial charge in [-0.15, -0.1) is 0 Å². The van der Waals surface area contributed by atoms with E-state index in [1.807, 2.05) is 0 Å². The second-order valence-electron chi connectivity index (χ2n) is 8.33. The first-order valence-corrected chi connectivity index (χ1v) is 12.3. The summed E-state index contributed by atoms with van der Waals surface area (Å²) in [5.41, 5.74) is -0.542. The molecule has 0 bridgehead atoms. The van der Waals surface area contributed by atoms with E-state index in [-0.39, 0.29) is 13.1 Å². The van der Waals surface area contributed by atoms with Gasteiger partial charge in [-0.05, 0) is 25.3 Å². The molecule has 1 saturated heterocycles. The Kier molecular flexibility index (Phi) is 7.50. The van der Waals surface area contributed by atoms with Gasteiger partial charge in [0.15, 0.2) is 4.90 Å². The van der Waals surface area contributed by atoms with Crippen molar-refractivity contribution in [2.75, 3.05) is 20.2 Å². The summed E-state index contributed by atoms with van der Waals surface area (Å²) in [4.78, 5) is 37.3. The molecule has 0 aromatic heterocycles. The van der Waals surface area contributed by atoms with E-state index in [4.69, 9.17) is 4.74 Å².